The van der Waals surface area contributed by atoms with E-state index in [0.717, 1.165) is 17.0 Å². The summed E-state index contributed by atoms with van der Waals surface area (Å²) in [5.41, 5.74) is 1.58. The van der Waals surface area contributed by atoms with Gasteiger partial charge in [0.2, 0.25) is 0 Å². The van der Waals surface area contributed by atoms with Crippen LogP contribution in [0.1, 0.15) is 5.76 Å². The molecule has 0 fully saturated rings. The maximum Gasteiger partial charge on any atom is 0.134 e. The van der Waals surface area contributed by atoms with Crippen molar-refractivity contribution in [2.24, 2.45) is 0 Å². The Morgan fingerprint density at radius 2 is 1.52 bits per heavy atom. The highest BCUT2D eigenvalue weighted by molar-refractivity contribution is 6.35. The fourth-order valence-corrected chi connectivity index (χ4v) is 3.02. The van der Waals surface area contributed by atoms with Gasteiger partial charge in [-0.1, -0.05) is 46.4 Å². The molecule has 0 aliphatic heterocycles. The van der Waals surface area contributed by atoms with Crippen molar-refractivity contribution in [1.82, 2.24) is 0 Å². The Kier molecular flexibility index (Phi) is 5.08. The van der Waals surface area contributed by atoms with E-state index in [1.165, 1.54) is 0 Å². The van der Waals surface area contributed by atoms with Gasteiger partial charge in [0.05, 0.1) is 17.3 Å². The molecular weight excluding hydrogens is 376 g/mol. The van der Waals surface area contributed by atoms with Crippen LogP contribution in [0.15, 0.2) is 52.9 Å². The van der Waals surface area contributed by atoms with Gasteiger partial charge in [0, 0.05) is 20.6 Å². The highest BCUT2D eigenvalue weighted by Gasteiger charge is 2.08. The third kappa shape index (κ3) is 4.15. The van der Waals surface area contributed by atoms with Crippen LogP contribution in [0.3, 0.4) is 0 Å². The zero-order valence-electron chi connectivity index (χ0n) is 11.7. The SMILES string of the molecule is Clc1cc(Cl)cc(-c2ccc(CNc3cc(Cl)ccc3Cl)o2)c1. The molecule has 0 aliphatic carbocycles. The van der Waals surface area contributed by atoms with E-state index in [9.17, 15) is 0 Å². The van der Waals surface area contributed by atoms with E-state index in [1.54, 1.807) is 36.4 Å². The van der Waals surface area contributed by atoms with Gasteiger partial charge < -0.3 is 9.73 Å². The molecular formula is C17H11Cl4NO. The number of hydrogen-bond donors (Lipinski definition) is 1. The van der Waals surface area contributed by atoms with Crippen molar-refractivity contribution < 1.29 is 4.42 Å². The summed E-state index contributed by atoms with van der Waals surface area (Å²) in [4.78, 5) is 0. The zero-order valence-corrected chi connectivity index (χ0v) is 14.8. The minimum absolute atomic E-state index is 0.481. The minimum atomic E-state index is 0.481. The summed E-state index contributed by atoms with van der Waals surface area (Å²) >= 11 is 24.1. The molecule has 0 bridgehead atoms. The van der Waals surface area contributed by atoms with Gasteiger partial charge in [-0.25, -0.2) is 0 Å². The summed E-state index contributed by atoms with van der Waals surface area (Å²) in [5.74, 6) is 1.45. The van der Waals surface area contributed by atoms with Crippen molar-refractivity contribution in [3.05, 3.63) is 74.4 Å². The quantitative estimate of drug-likeness (QED) is 0.513. The lowest BCUT2D eigenvalue weighted by Crippen LogP contribution is -1.98. The Morgan fingerprint density at radius 1 is 0.783 bits per heavy atom. The van der Waals surface area contributed by atoms with Crippen LogP contribution in [-0.2, 0) is 6.54 Å². The summed E-state index contributed by atoms with van der Waals surface area (Å²) in [6.45, 7) is 0.481. The summed E-state index contributed by atoms with van der Waals surface area (Å²) in [6.07, 6.45) is 0. The average Bonchev–Trinajstić information content (AvgIpc) is 2.96. The molecule has 2 nitrogen and oxygen atoms in total. The zero-order chi connectivity index (χ0) is 16.4. The van der Waals surface area contributed by atoms with Crippen molar-refractivity contribution in [3.8, 4) is 11.3 Å². The third-order valence-corrected chi connectivity index (χ3v) is 4.19. The summed E-state index contributed by atoms with van der Waals surface area (Å²) in [6, 6.07) is 14.3. The molecule has 3 aromatic rings. The smallest absolute Gasteiger partial charge is 0.134 e. The summed E-state index contributed by atoms with van der Waals surface area (Å²) in [7, 11) is 0. The maximum atomic E-state index is 6.12. The topological polar surface area (TPSA) is 25.2 Å². The van der Waals surface area contributed by atoms with Crippen molar-refractivity contribution >= 4 is 52.1 Å². The lowest BCUT2D eigenvalue weighted by Gasteiger charge is -2.07. The Labute approximate surface area is 153 Å². The van der Waals surface area contributed by atoms with Crippen LogP contribution in [0.5, 0.6) is 0 Å². The molecule has 2 aromatic carbocycles. The standard InChI is InChI=1S/C17H11Cl4NO/c18-11-1-3-15(21)16(8-11)22-9-14-2-4-17(23-14)10-5-12(19)7-13(20)6-10/h1-8,22H,9H2. The number of nitrogens with one attached hydrogen (secondary N) is 1. The average molecular weight is 387 g/mol. The number of halogens is 4. The molecule has 0 spiro atoms. The van der Waals surface area contributed by atoms with E-state index in [1.807, 2.05) is 12.1 Å². The van der Waals surface area contributed by atoms with Crippen LogP contribution in [0, 0.1) is 0 Å². The van der Waals surface area contributed by atoms with Crippen LogP contribution in [0.25, 0.3) is 11.3 Å². The van der Waals surface area contributed by atoms with Gasteiger partial charge in [-0.2, -0.15) is 0 Å². The normalized spacial score (nSPS) is 10.8. The molecule has 0 unspecified atom stereocenters. The van der Waals surface area contributed by atoms with Crippen molar-refractivity contribution in [1.29, 1.82) is 0 Å². The summed E-state index contributed by atoms with van der Waals surface area (Å²) in [5, 5.41) is 5.54. The van der Waals surface area contributed by atoms with E-state index >= 15 is 0 Å². The summed E-state index contributed by atoms with van der Waals surface area (Å²) < 4.78 is 5.82. The lowest BCUT2D eigenvalue weighted by molar-refractivity contribution is 0.531. The number of furan rings is 1. The van der Waals surface area contributed by atoms with Gasteiger partial charge in [0.25, 0.3) is 0 Å². The predicted molar refractivity (Wildman–Crippen MR) is 98.0 cm³/mol. The van der Waals surface area contributed by atoms with Gasteiger partial charge in [-0.15, -0.1) is 0 Å². The Morgan fingerprint density at radius 3 is 2.26 bits per heavy atom. The molecule has 118 valence electrons. The molecule has 0 saturated carbocycles. The second-order valence-corrected chi connectivity index (χ2v) is 6.62. The number of anilines is 1. The Balaban J connectivity index is 1.76. The molecule has 1 aromatic heterocycles. The first kappa shape index (κ1) is 16.5. The second kappa shape index (κ2) is 7.06. The molecule has 1 N–H and O–H groups in total. The highest BCUT2D eigenvalue weighted by Crippen LogP contribution is 2.30. The van der Waals surface area contributed by atoms with Crippen molar-refractivity contribution in [2.75, 3.05) is 5.32 Å². The first-order valence-corrected chi connectivity index (χ1v) is 8.26. The first-order valence-electron chi connectivity index (χ1n) is 6.75. The molecule has 0 radical (unpaired) electrons. The molecule has 0 aliphatic rings. The largest absolute Gasteiger partial charge is 0.459 e. The van der Waals surface area contributed by atoms with Crippen molar-refractivity contribution in [3.63, 3.8) is 0 Å². The fourth-order valence-electron chi connectivity index (χ4n) is 2.14. The Hall–Kier alpha value is -1.32. The number of hydrogen-bond acceptors (Lipinski definition) is 2. The molecule has 23 heavy (non-hydrogen) atoms. The number of benzene rings is 2. The van der Waals surface area contributed by atoms with Gasteiger partial charge in [0.1, 0.15) is 11.5 Å². The van der Waals surface area contributed by atoms with Crippen LogP contribution in [0.4, 0.5) is 5.69 Å². The van der Waals surface area contributed by atoms with Crippen LogP contribution in [0.2, 0.25) is 20.1 Å². The van der Waals surface area contributed by atoms with Crippen LogP contribution >= 0.6 is 46.4 Å². The Bertz CT molecular complexity index is 824. The van der Waals surface area contributed by atoms with Gasteiger partial charge >= 0.3 is 0 Å². The highest BCUT2D eigenvalue weighted by atomic mass is 35.5. The molecule has 6 heteroatoms. The second-order valence-electron chi connectivity index (χ2n) is 4.90. The minimum Gasteiger partial charge on any atom is -0.459 e. The van der Waals surface area contributed by atoms with Gasteiger partial charge in [-0.05, 0) is 48.5 Å². The lowest BCUT2D eigenvalue weighted by atomic mass is 10.2. The molecule has 0 atom stereocenters. The van der Waals surface area contributed by atoms with Crippen LogP contribution < -0.4 is 5.32 Å². The van der Waals surface area contributed by atoms with Crippen molar-refractivity contribution in [2.45, 2.75) is 6.54 Å². The predicted octanol–water partition coefficient (Wildman–Crippen LogP) is 7.17. The van der Waals surface area contributed by atoms with Crippen LogP contribution in [-0.4, -0.2) is 0 Å². The van der Waals surface area contributed by atoms with Gasteiger partial charge in [0.15, 0.2) is 0 Å². The van der Waals surface area contributed by atoms with E-state index in [4.69, 9.17) is 50.8 Å². The third-order valence-electron chi connectivity index (χ3n) is 3.19. The van der Waals surface area contributed by atoms with E-state index in [2.05, 4.69) is 5.32 Å². The van der Waals surface area contributed by atoms with E-state index in [0.29, 0.717) is 32.4 Å². The van der Waals surface area contributed by atoms with E-state index in [-0.39, 0.29) is 0 Å². The number of rotatable bonds is 4. The molecule has 0 saturated heterocycles. The first-order chi connectivity index (χ1) is 11.0. The molecule has 3 rings (SSSR count). The molecule has 1 heterocycles. The fraction of sp³-hybridized carbons (Fsp3) is 0.0588. The maximum absolute atomic E-state index is 6.12. The monoisotopic (exact) mass is 385 g/mol. The van der Waals surface area contributed by atoms with Gasteiger partial charge in [-0.3, -0.25) is 0 Å². The van der Waals surface area contributed by atoms with E-state index < -0.39 is 0 Å². The molecule has 0 amide bonds.